The van der Waals surface area contributed by atoms with Crippen molar-refractivity contribution >= 4 is 44.6 Å². The van der Waals surface area contributed by atoms with Gasteiger partial charge in [0.05, 0.1) is 27.4 Å². The third kappa shape index (κ3) is 3.80. The van der Waals surface area contributed by atoms with Crippen molar-refractivity contribution in [2.75, 3.05) is 5.32 Å². The molecule has 1 unspecified atom stereocenters. The van der Waals surface area contributed by atoms with E-state index in [9.17, 15) is 8.78 Å². The van der Waals surface area contributed by atoms with Crippen LogP contribution in [-0.2, 0) is 0 Å². The fourth-order valence-electron chi connectivity index (χ4n) is 1.62. The fraction of sp³-hybridized carbons (Fsp3) is 0.250. The van der Waals surface area contributed by atoms with Crippen LogP contribution in [-0.4, -0.2) is 11.6 Å². The molecule has 0 fully saturated rings. The van der Waals surface area contributed by atoms with Crippen molar-refractivity contribution in [3.63, 3.8) is 0 Å². The highest BCUT2D eigenvalue weighted by Gasteiger charge is 2.17. The van der Waals surface area contributed by atoms with E-state index in [1.165, 1.54) is 23.5 Å². The molecule has 0 bridgehead atoms. The van der Waals surface area contributed by atoms with Crippen LogP contribution in [0.2, 0.25) is 5.02 Å². The summed E-state index contributed by atoms with van der Waals surface area (Å²) in [6, 6.07) is 2.87. The van der Waals surface area contributed by atoms with Crippen molar-refractivity contribution in [1.82, 2.24) is 4.98 Å². The molecule has 0 amide bonds. The summed E-state index contributed by atoms with van der Waals surface area (Å²) < 4.78 is 29.8. The SMILES string of the molecule is CC(Nc1cc(Cl)cc(Br)c1OC(F)F)c1cscn1. The van der Waals surface area contributed by atoms with E-state index >= 15 is 0 Å². The highest BCUT2D eigenvalue weighted by molar-refractivity contribution is 9.10. The third-order valence-corrected chi connectivity index (χ3v) is 3.89. The number of rotatable bonds is 5. The van der Waals surface area contributed by atoms with Crippen LogP contribution in [0.15, 0.2) is 27.5 Å². The molecular weight excluding hydrogens is 374 g/mol. The predicted molar refractivity (Wildman–Crippen MR) is 79.9 cm³/mol. The topological polar surface area (TPSA) is 34.1 Å². The van der Waals surface area contributed by atoms with E-state index in [0.29, 0.717) is 15.2 Å². The van der Waals surface area contributed by atoms with Crippen LogP contribution < -0.4 is 10.1 Å². The van der Waals surface area contributed by atoms with Gasteiger partial charge in [-0.1, -0.05) is 11.6 Å². The Labute approximate surface area is 132 Å². The van der Waals surface area contributed by atoms with E-state index in [2.05, 4.69) is 31.0 Å². The van der Waals surface area contributed by atoms with Crippen molar-refractivity contribution in [3.05, 3.63) is 38.2 Å². The molecule has 20 heavy (non-hydrogen) atoms. The first-order valence-electron chi connectivity index (χ1n) is 5.56. The van der Waals surface area contributed by atoms with Crippen LogP contribution >= 0.6 is 38.9 Å². The molecular formula is C12H10BrClF2N2OS. The third-order valence-electron chi connectivity index (χ3n) is 2.48. The quantitative estimate of drug-likeness (QED) is 0.757. The number of hydrogen-bond donors (Lipinski definition) is 1. The number of alkyl halides is 2. The molecule has 0 spiro atoms. The molecule has 0 aliphatic carbocycles. The van der Waals surface area contributed by atoms with Crippen molar-refractivity contribution < 1.29 is 13.5 Å². The predicted octanol–water partition coefficient (Wildman–Crippen LogP) is 5.33. The van der Waals surface area contributed by atoms with Crippen molar-refractivity contribution in [2.24, 2.45) is 0 Å². The van der Waals surface area contributed by atoms with Gasteiger partial charge in [-0.15, -0.1) is 11.3 Å². The van der Waals surface area contributed by atoms with Gasteiger partial charge in [-0.25, -0.2) is 4.98 Å². The monoisotopic (exact) mass is 382 g/mol. The normalized spacial score (nSPS) is 12.5. The van der Waals surface area contributed by atoms with Gasteiger partial charge in [0.25, 0.3) is 0 Å². The highest BCUT2D eigenvalue weighted by atomic mass is 79.9. The minimum atomic E-state index is -2.91. The first-order chi connectivity index (χ1) is 9.47. The van der Waals surface area contributed by atoms with Crippen LogP contribution in [0.4, 0.5) is 14.5 Å². The highest BCUT2D eigenvalue weighted by Crippen LogP contribution is 2.39. The Kier molecular flexibility index (Phi) is 5.17. The van der Waals surface area contributed by atoms with E-state index < -0.39 is 6.61 Å². The number of ether oxygens (including phenoxy) is 1. The average molecular weight is 384 g/mol. The van der Waals surface area contributed by atoms with Crippen LogP contribution in [0, 0.1) is 0 Å². The first-order valence-corrected chi connectivity index (χ1v) is 7.67. The fourth-order valence-corrected chi connectivity index (χ4v) is 3.17. The molecule has 0 radical (unpaired) electrons. The standard InChI is InChI=1S/C12H10BrClF2N2OS/c1-6(10-4-20-5-17-10)18-9-3-7(14)2-8(13)11(9)19-12(15)16/h2-6,12,18H,1H3. The van der Waals surface area contributed by atoms with Crippen molar-refractivity contribution in [2.45, 2.75) is 19.6 Å². The van der Waals surface area contributed by atoms with Crippen LogP contribution in [0.25, 0.3) is 0 Å². The maximum absolute atomic E-state index is 12.5. The van der Waals surface area contributed by atoms with Gasteiger partial charge in [0, 0.05) is 10.4 Å². The maximum Gasteiger partial charge on any atom is 0.387 e. The average Bonchev–Trinajstić information content (AvgIpc) is 2.87. The second-order valence-corrected chi connectivity index (χ2v) is 5.93. The molecule has 0 saturated heterocycles. The van der Waals surface area contributed by atoms with Gasteiger partial charge in [0.1, 0.15) is 0 Å². The summed E-state index contributed by atoms with van der Waals surface area (Å²) >= 11 is 10.6. The van der Waals surface area contributed by atoms with Crippen LogP contribution in [0.5, 0.6) is 5.75 Å². The Morgan fingerprint density at radius 2 is 2.20 bits per heavy atom. The lowest BCUT2D eigenvalue weighted by atomic mass is 10.2. The van der Waals surface area contributed by atoms with Gasteiger partial charge in [0.15, 0.2) is 5.75 Å². The van der Waals surface area contributed by atoms with Gasteiger partial charge >= 0.3 is 6.61 Å². The number of nitrogens with one attached hydrogen (secondary N) is 1. The largest absolute Gasteiger partial charge is 0.431 e. The summed E-state index contributed by atoms with van der Waals surface area (Å²) in [4.78, 5) is 4.17. The molecule has 108 valence electrons. The van der Waals surface area contributed by atoms with Crippen molar-refractivity contribution in [3.8, 4) is 5.75 Å². The molecule has 0 aliphatic rings. The molecule has 1 aromatic carbocycles. The zero-order valence-electron chi connectivity index (χ0n) is 10.2. The Morgan fingerprint density at radius 1 is 1.45 bits per heavy atom. The minimum Gasteiger partial charge on any atom is -0.431 e. The number of aromatic nitrogens is 1. The smallest absolute Gasteiger partial charge is 0.387 e. The Hall–Kier alpha value is -0.920. The molecule has 0 aliphatic heterocycles. The number of halogens is 4. The molecule has 0 saturated carbocycles. The molecule has 8 heteroatoms. The Bertz CT molecular complexity index is 583. The van der Waals surface area contributed by atoms with E-state index in [0.717, 1.165) is 5.69 Å². The maximum atomic E-state index is 12.5. The number of hydrogen-bond acceptors (Lipinski definition) is 4. The second kappa shape index (κ2) is 6.69. The van der Waals surface area contributed by atoms with E-state index in [1.807, 2.05) is 12.3 Å². The summed E-state index contributed by atoms with van der Waals surface area (Å²) in [6.07, 6.45) is 0. The van der Waals surface area contributed by atoms with Crippen molar-refractivity contribution in [1.29, 1.82) is 0 Å². The van der Waals surface area contributed by atoms with Gasteiger partial charge in [0.2, 0.25) is 0 Å². The minimum absolute atomic E-state index is 0.0199. The number of nitrogens with zero attached hydrogens (tertiary/aromatic N) is 1. The van der Waals surface area contributed by atoms with Crippen LogP contribution in [0.3, 0.4) is 0 Å². The Balaban J connectivity index is 2.29. The first kappa shape index (κ1) is 15.5. The molecule has 1 atom stereocenters. The van der Waals surface area contributed by atoms with Crippen LogP contribution in [0.1, 0.15) is 18.7 Å². The lowest BCUT2D eigenvalue weighted by Crippen LogP contribution is -2.10. The Morgan fingerprint density at radius 3 is 2.80 bits per heavy atom. The van der Waals surface area contributed by atoms with E-state index in [1.54, 1.807) is 5.51 Å². The van der Waals surface area contributed by atoms with Gasteiger partial charge in [-0.3, -0.25) is 0 Å². The number of anilines is 1. The molecule has 1 heterocycles. The lowest BCUT2D eigenvalue weighted by Gasteiger charge is -2.18. The van der Waals surface area contributed by atoms with E-state index in [4.69, 9.17) is 11.6 Å². The summed E-state index contributed by atoms with van der Waals surface area (Å²) in [7, 11) is 0. The van der Waals surface area contributed by atoms with Gasteiger partial charge in [-0.2, -0.15) is 8.78 Å². The summed E-state index contributed by atoms with van der Waals surface area (Å²) in [5, 5.41) is 5.36. The molecule has 3 nitrogen and oxygen atoms in total. The van der Waals surface area contributed by atoms with Gasteiger partial charge in [-0.05, 0) is 35.0 Å². The van der Waals surface area contributed by atoms with Gasteiger partial charge < -0.3 is 10.1 Å². The summed E-state index contributed by atoms with van der Waals surface area (Å²) in [5.74, 6) is 0.0199. The molecule has 1 aromatic heterocycles. The summed E-state index contributed by atoms with van der Waals surface area (Å²) in [6.45, 7) is -1.04. The molecule has 2 rings (SSSR count). The van der Waals surface area contributed by atoms with E-state index in [-0.39, 0.29) is 11.8 Å². The molecule has 2 aromatic rings. The summed E-state index contributed by atoms with van der Waals surface area (Å²) in [5.41, 5.74) is 2.90. The second-order valence-electron chi connectivity index (χ2n) is 3.92. The zero-order chi connectivity index (χ0) is 14.7. The number of benzene rings is 1. The molecule has 1 N–H and O–H groups in total. The number of thiazole rings is 1. The lowest BCUT2D eigenvalue weighted by molar-refractivity contribution is -0.0498. The zero-order valence-corrected chi connectivity index (χ0v) is 13.4.